The molecule has 0 radical (unpaired) electrons. The minimum Gasteiger partial charge on any atom is -0.398 e. The molecule has 0 aliphatic rings. The number of aryl methyl sites for hydroxylation is 2. The van der Waals surface area contributed by atoms with Crippen molar-refractivity contribution in [1.29, 1.82) is 0 Å². The molecule has 20 heavy (non-hydrogen) atoms. The van der Waals surface area contributed by atoms with Crippen LogP contribution in [-0.4, -0.2) is 20.1 Å². The van der Waals surface area contributed by atoms with Gasteiger partial charge in [-0.2, -0.15) is 4.98 Å². The van der Waals surface area contributed by atoms with E-state index in [1.165, 1.54) is 0 Å². The van der Waals surface area contributed by atoms with E-state index in [-0.39, 0.29) is 0 Å². The highest BCUT2D eigenvalue weighted by molar-refractivity contribution is 5.74. The lowest BCUT2D eigenvalue weighted by molar-refractivity contribution is 0.432. The van der Waals surface area contributed by atoms with Gasteiger partial charge < -0.3 is 10.3 Å². The van der Waals surface area contributed by atoms with Crippen LogP contribution >= 0.6 is 0 Å². The van der Waals surface area contributed by atoms with Crippen molar-refractivity contribution in [3.63, 3.8) is 0 Å². The van der Waals surface area contributed by atoms with Crippen LogP contribution in [0.1, 0.15) is 11.1 Å². The minimum atomic E-state index is 0.346. The molecule has 0 aliphatic carbocycles. The molecule has 0 spiro atoms. The van der Waals surface area contributed by atoms with E-state index in [2.05, 4.69) is 20.1 Å². The number of hydrogen-bond donors (Lipinski definition) is 1. The van der Waals surface area contributed by atoms with Gasteiger partial charge in [0.2, 0.25) is 11.6 Å². The molecule has 2 N–H and O–H groups in total. The molecule has 0 atom stereocenters. The minimum absolute atomic E-state index is 0.346. The molecular weight excluding hydrogens is 254 g/mol. The van der Waals surface area contributed by atoms with Gasteiger partial charge in [0.05, 0.1) is 5.56 Å². The summed E-state index contributed by atoms with van der Waals surface area (Å²) in [5.74, 6) is 1.14. The summed E-state index contributed by atoms with van der Waals surface area (Å²) in [6.07, 6.45) is 3.26. The second-order valence-electron chi connectivity index (χ2n) is 4.54. The standard InChI is InChI=1S/C14H13N5O/c1-8-6-9(2)11(15)10(7-8)14-18-13(19-20-14)12-16-4-3-5-17-12/h3-7H,15H2,1-2H3. The first-order valence-electron chi connectivity index (χ1n) is 6.13. The molecule has 0 fully saturated rings. The molecular formula is C14H13N5O. The maximum atomic E-state index is 6.07. The van der Waals surface area contributed by atoms with Gasteiger partial charge in [0, 0.05) is 18.1 Å². The van der Waals surface area contributed by atoms with Crippen LogP contribution < -0.4 is 5.73 Å². The Bertz CT molecular complexity index is 752. The summed E-state index contributed by atoms with van der Waals surface area (Å²) in [4.78, 5) is 12.5. The molecule has 3 aromatic rings. The summed E-state index contributed by atoms with van der Waals surface area (Å²) >= 11 is 0. The van der Waals surface area contributed by atoms with Crippen molar-refractivity contribution in [3.8, 4) is 23.1 Å². The molecule has 3 rings (SSSR count). The highest BCUT2D eigenvalue weighted by atomic mass is 16.5. The average Bonchev–Trinajstić information content (AvgIpc) is 2.93. The average molecular weight is 267 g/mol. The van der Waals surface area contributed by atoms with Gasteiger partial charge in [0.1, 0.15) is 0 Å². The van der Waals surface area contributed by atoms with Gasteiger partial charge in [0.15, 0.2) is 0 Å². The number of nitrogen functional groups attached to an aromatic ring is 1. The first-order chi connectivity index (χ1) is 9.65. The largest absolute Gasteiger partial charge is 0.398 e. The zero-order chi connectivity index (χ0) is 14.1. The molecule has 0 unspecified atom stereocenters. The van der Waals surface area contributed by atoms with E-state index in [1.54, 1.807) is 18.5 Å². The van der Waals surface area contributed by atoms with E-state index >= 15 is 0 Å². The van der Waals surface area contributed by atoms with Crippen molar-refractivity contribution in [1.82, 2.24) is 20.1 Å². The maximum absolute atomic E-state index is 6.07. The topological polar surface area (TPSA) is 90.7 Å². The smallest absolute Gasteiger partial charge is 0.260 e. The molecule has 0 saturated heterocycles. The Hall–Kier alpha value is -2.76. The molecule has 0 aliphatic heterocycles. The summed E-state index contributed by atoms with van der Waals surface area (Å²) in [6, 6.07) is 5.66. The van der Waals surface area contributed by atoms with Gasteiger partial charge in [-0.1, -0.05) is 11.2 Å². The number of benzene rings is 1. The molecule has 0 saturated carbocycles. The Labute approximate surface area is 115 Å². The number of rotatable bonds is 2. The Morgan fingerprint density at radius 1 is 1.05 bits per heavy atom. The van der Waals surface area contributed by atoms with Gasteiger partial charge in [-0.05, 0) is 37.1 Å². The summed E-state index contributed by atoms with van der Waals surface area (Å²) in [7, 11) is 0. The first kappa shape index (κ1) is 12.3. The number of hydrogen-bond acceptors (Lipinski definition) is 6. The van der Waals surface area contributed by atoms with Crippen LogP contribution in [-0.2, 0) is 0 Å². The predicted molar refractivity (Wildman–Crippen MR) is 74.6 cm³/mol. The zero-order valence-electron chi connectivity index (χ0n) is 11.2. The van der Waals surface area contributed by atoms with Crippen LogP contribution in [0.25, 0.3) is 23.1 Å². The fraction of sp³-hybridized carbons (Fsp3) is 0.143. The monoisotopic (exact) mass is 267 g/mol. The fourth-order valence-electron chi connectivity index (χ4n) is 1.99. The van der Waals surface area contributed by atoms with E-state index in [4.69, 9.17) is 10.3 Å². The lowest BCUT2D eigenvalue weighted by Crippen LogP contribution is -1.95. The molecule has 0 bridgehead atoms. The van der Waals surface area contributed by atoms with Crippen LogP contribution in [0.2, 0.25) is 0 Å². The Morgan fingerprint density at radius 2 is 1.80 bits per heavy atom. The zero-order valence-corrected chi connectivity index (χ0v) is 11.2. The Kier molecular flexibility index (Phi) is 2.90. The summed E-state index contributed by atoms with van der Waals surface area (Å²) < 4.78 is 5.27. The predicted octanol–water partition coefficient (Wildman–Crippen LogP) is 2.39. The van der Waals surface area contributed by atoms with Gasteiger partial charge >= 0.3 is 0 Å². The maximum Gasteiger partial charge on any atom is 0.260 e. The van der Waals surface area contributed by atoms with Gasteiger partial charge in [-0.3, -0.25) is 0 Å². The van der Waals surface area contributed by atoms with Crippen LogP contribution in [0.3, 0.4) is 0 Å². The van der Waals surface area contributed by atoms with E-state index in [9.17, 15) is 0 Å². The first-order valence-corrected chi connectivity index (χ1v) is 6.13. The molecule has 6 heteroatoms. The van der Waals surface area contributed by atoms with Crippen LogP contribution in [0, 0.1) is 13.8 Å². The second-order valence-corrected chi connectivity index (χ2v) is 4.54. The molecule has 1 aromatic carbocycles. The molecule has 2 heterocycles. The third-order valence-corrected chi connectivity index (χ3v) is 2.95. The Morgan fingerprint density at radius 3 is 2.55 bits per heavy atom. The number of anilines is 1. The van der Waals surface area contributed by atoms with E-state index in [1.807, 2.05) is 26.0 Å². The second kappa shape index (κ2) is 4.73. The summed E-state index contributed by atoms with van der Waals surface area (Å²) in [5, 5.41) is 3.90. The van der Waals surface area contributed by atoms with Crippen molar-refractivity contribution in [2.24, 2.45) is 0 Å². The van der Waals surface area contributed by atoms with Crippen LogP contribution in [0.5, 0.6) is 0 Å². The van der Waals surface area contributed by atoms with Gasteiger partial charge in [-0.25, -0.2) is 9.97 Å². The highest BCUT2D eigenvalue weighted by Gasteiger charge is 2.15. The molecule has 6 nitrogen and oxygen atoms in total. The third-order valence-electron chi connectivity index (χ3n) is 2.95. The van der Waals surface area contributed by atoms with Crippen molar-refractivity contribution < 1.29 is 4.52 Å². The highest BCUT2D eigenvalue weighted by Crippen LogP contribution is 2.29. The van der Waals surface area contributed by atoms with Crippen LogP contribution in [0.15, 0.2) is 35.1 Å². The number of nitrogens with two attached hydrogens (primary N) is 1. The summed E-state index contributed by atoms with van der Waals surface area (Å²) in [6.45, 7) is 3.94. The fourth-order valence-corrected chi connectivity index (χ4v) is 1.99. The third kappa shape index (κ3) is 2.11. The van der Waals surface area contributed by atoms with E-state index < -0.39 is 0 Å². The molecule has 2 aromatic heterocycles. The van der Waals surface area contributed by atoms with Crippen LogP contribution in [0.4, 0.5) is 5.69 Å². The number of aromatic nitrogens is 4. The van der Waals surface area contributed by atoms with Crippen molar-refractivity contribution in [2.45, 2.75) is 13.8 Å². The number of nitrogens with zero attached hydrogens (tertiary/aromatic N) is 4. The van der Waals surface area contributed by atoms with Crippen molar-refractivity contribution >= 4 is 5.69 Å². The lowest BCUT2D eigenvalue weighted by Gasteiger charge is -2.06. The van der Waals surface area contributed by atoms with Gasteiger partial charge in [-0.15, -0.1) is 0 Å². The van der Waals surface area contributed by atoms with Crippen molar-refractivity contribution in [2.75, 3.05) is 5.73 Å². The van der Waals surface area contributed by atoms with Crippen molar-refractivity contribution in [3.05, 3.63) is 41.7 Å². The van der Waals surface area contributed by atoms with E-state index in [0.717, 1.165) is 16.7 Å². The SMILES string of the molecule is Cc1cc(C)c(N)c(-c2nc(-c3ncccn3)no2)c1. The molecule has 0 amide bonds. The normalized spacial score (nSPS) is 10.7. The molecule has 100 valence electrons. The van der Waals surface area contributed by atoms with E-state index in [0.29, 0.717) is 23.2 Å². The quantitative estimate of drug-likeness (QED) is 0.717. The Balaban J connectivity index is 2.07. The summed E-state index contributed by atoms with van der Waals surface area (Å²) in [5.41, 5.74) is 9.51. The van der Waals surface area contributed by atoms with Gasteiger partial charge in [0.25, 0.3) is 5.89 Å². The lowest BCUT2D eigenvalue weighted by atomic mass is 10.0.